The lowest BCUT2D eigenvalue weighted by molar-refractivity contribution is 0.0949. The van der Waals surface area contributed by atoms with Crippen LogP contribution in [0, 0.1) is 5.82 Å². The highest BCUT2D eigenvalue weighted by atomic mass is 32.2. The van der Waals surface area contributed by atoms with Gasteiger partial charge in [-0.05, 0) is 49.4 Å². The largest absolute Gasteiger partial charge is 0.276 e. The van der Waals surface area contributed by atoms with E-state index in [0.717, 1.165) is 37.8 Å². The van der Waals surface area contributed by atoms with Crippen molar-refractivity contribution < 1.29 is 17.6 Å². The molecule has 0 saturated heterocycles. The van der Waals surface area contributed by atoms with Gasteiger partial charge < -0.3 is 0 Å². The third-order valence-corrected chi connectivity index (χ3v) is 6.66. The molecule has 8 heteroatoms. The van der Waals surface area contributed by atoms with E-state index < -0.39 is 26.6 Å². The molecule has 1 heterocycles. The summed E-state index contributed by atoms with van der Waals surface area (Å²) in [5, 5.41) is 0. The molecule has 0 radical (unpaired) electrons. The number of halogens is 1. The smallest absolute Gasteiger partial charge is 0.273 e. The topological polar surface area (TPSA) is 75.3 Å². The van der Waals surface area contributed by atoms with Crippen molar-refractivity contribution >= 4 is 27.3 Å². The van der Waals surface area contributed by atoms with Crippen molar-refractivity contribution in [2.45, 2.75) is 43.4 Å². The summed E-state index contributed by atoms with van der Waals surface area (Å²) in [5.74, 6) is -1.40. The van der Waals surface area contributed by atoms with Gasteiger partial charge in [-0.15, -0.1) is 16.2 Å². The maximum atomic E-state index is 13.6. The molecule has 1 amide bonds. The summed E-state index contributed by atoms with van der Waals surface area (Å²) in [5.41, 5.74) is 3.35. The van der Waals surface area contributed by atoms with E-state index in [4.69, 9.17) is 0 Å². The van der Waals surface area contributed by atoms with Crippen LogP contribution in [0.2, 0.25) is 0 Å². The van der Waals surface area contributed by atoms with Crippen molar-refractivity contribution in [2.75, 3.05) is 0 Å². The molecule has 1 aliphatic carbocycles. The van der Waals surface area contributed by atoms with E-state index in [1.165, 1.54) is 46.8 Å². The van der Waals surface area contributed by atoms with Crippen LogP contribution in [-0.2, 0) is 22.9 Å². The molecule has 0 atom stereocenters. The fourth-order valence-corrected chi connectivity index (χ4v) is 4.92. The molecule has 0 unspecified atom stereocenters. The minimum Gasteiger partial charge on any atom is -0.273 e. The van der Waals surface area contributed by atoms with Gasteiger partial charge in [0.2, 0.25) is 0 Å². The number of hydrazine groups is 1. The molecule has 0 spiro atoms. The lowest BCUT2D eigenvalue weighted by Crippen LogP contribution is -2.41. The monoisotopic (exact) mass is 382 g/mol. The average molecular weight is 382 g/mol. The van der Waals surface area contributed by atoms with Crippen LogP contribution in [-0.4, -0.2) is 14.3 Å². The number of benzene rings is 1. The summed E-state index contributed by atoms with van der Waals surface area (Å²) in [6.45, 7) is 0. The van der Waals surface area contributed by atoms with Gasteiger partial charge in [0.25, 0.3) is 15.9 Å². The van der Waals surface area contributed by atoms with Crippen molar-refractivity contribution in [3.05, 3.63) is 51.5 Å². The molecule has 1 aliphatic rings. The van der Waals surface area contributed by atoms with Gasteiger partial charge in [-0.1, -0.05) is 25.0 Å². The Labute approximate surface area is 150 Å². The Morgan fingerprint density at radius 3 is 2.56 bits per heavy atom. The summed E-state index contributed by atoms with van der Waals surface area (Å²) in [6.07, 6.45) is 6.49. The van der Waals surface area contributed by atoms with Crippen molar-refractivity contribution in [3.8, 4) is 0 Å². The number of nitrogens with one attached hydrogen (secondary N) is 2. The molecule has 0 bridgehead atoms. The molecular formula is C17H19FN2O3S2. The molecule has 134 valence electrons. The average Bonchev–Trinajstić information content (AvgIpc) is 2.95. The van der Waals surface area contributed by atoms with Crippen LogP contribution in [0.15, 0.2) is 35.2 Å². The van der Waals surface area contributed by atoms with Crippen LogP contribution >= 0.6 is 11.3 Å². The van der Waals surface area contributed by atoms with Crippen LogP contribution in [0.1, 0.15) is 45.8 Å². The molecule has 2 N–H and O–H groups in total. The number of carbonyl (C=O) groups is 1. The molecule has 0 aliphatic heterocycles. The Balaban J connectivity index is 1.70. The summed E-state index contributed by atoms with van der Waals surface area (Å²) in [6, 6.07) is 6.83. The minimum absolute atomic E-state index is 0.461. The second kappa shape index (κ2) is 7.63. The number of thiophene rings is 1. The molecule has 3 rings (SSSR count). The lowest BCUT2D eigenvalue weighted by Gasteiger charge is -2.08. The van der Waals surface area contributed by atoms with Gasteiger partial charge in [-0.2, -0.15) is 0 Å². The van der Waals surface area contributed by atoms with Gasteiger partial charge in [-0.3, -0.25) is 10.2 Å². The second-order valence-electron chi connectivity index (χ2n) is 5.96. The van der Waals surface area contributed by atoms with Crippen LogP contribution in [0.25, 0.3) is 0 Å². The number of amides is 1. The first-order valence-corrected chi connectivity index (χ1v) is 10.5. The van der Waals surface area contributed by atoms with Crippen molar-refractivity contribution in [1.82, 2.24) is 10.3 Å². The first-order valence-electron chi connectivity index (χ1n) is 8.15. The first-order chi connectivity index (χ1) is 12.0. The van der Waals surface area contributed by atoms with E-state index in [2.05, 4.69) is 5.43 Å². The van der Waals surface area contributed by atoms with Gasteiger partial charge >= 0.3 is 0 Å². The predicted molar refractivity (Wildman–Crippen MR) is 94.4 cm³/mol. The van der Waals surface area contributed by atoms with E-state index in [9.17, 15) is 17.6 Å². The molecule has 0 saturated carbocycles. The Hall–Kier alpha value is -1.77. The molecule has 1 aromatic heterocycles. The maximum Gasteiger partial charge on any atom is 0.276 e. The Kier molecular flexibility index (Phi) is 5.51. The van der Waals surface area contributed by atoms with Crippen LogP contribution < -0.4 is 10.3 Å². The summed E-state index contributed by atoms with van der Waals surface area (Å²) in [7, 11) is -4.16. The first kappa shape index (κ1) is 18.0. The van der Waals surface area contributed by atoms with E-state index >= 15 is 0 Å². The fourth-order valence-electron chi connectivity index (χ4n) is 2.85. The molecular weight excluding hydrogens is 363 g/mol. The van der Waals surface area contributed by atoms with Crippen LogP contribution in [0.4, 0.5) is 4.39 Å². The third kappa shape index (κ3) is 4.26. The van der Waals surface area contributed by atoms with Crippen LogP contribution in [0.5, 0.6) is 0 Å². The van der Waals surface area contributed by atoms with E-state index in [1.54, 1.807) is 0 Å². The number of sulfonamides is 1. The Bertz CT molecular complexity index is 852. The number of rotatable bonds is 4. The zero-order valence-corrected chi connectivity index (χ0v) is 15.2. The predicted octanol–water partition coefficient (Wildman–Crippen LogP) is 3.17. The zero-order chi connectivity index (χ0) is 17.9. The van der Waals surface area contributed by atoms with E-state index in [1.807, 2.05) is 10.9 Å². The normalized spacial score (nSPS) is 15.1. The lowest BCUT2D eigenvalue weighted by atomic mass is 10.00. The highest BCUT2D eigenvalue weighted by Gasteiger charge is 2.21. The van der Waals surface area contributed by atoms with Gasteiger partial charge in [0.1, 0.15) is 10.7 Å². The van der Waals surface area contributed by atoms with Gasteiger partial charge in [0, 0.05) is 4.88 Å². The van der Waals surface area contributed by atoms with Gasteiger partial charge in [0.05, 0.1) is 4.88 Å². The van der Waals surface area contributed by atoms with E-state index in [0.29, 0.717) is 4.88 Å². The number of fused-ring (bicyclic) bond motifs is 1. The van der Waals surface area contributed by atoms with E-state index in [-0.39, 0.29) is 0 Å². The fraction of sp³-hybridized carbons (Fsp3) is 0.353. The summed E-state index contributed by atoms with van der Waals surface area (Å²) in [4.78, 5) is 15.4. The second-order valence-corrected chi connectivity index (χ2v) is 8.75. The third-order valence-electron chi connectivity index (χ3n) is 4.15. The van der Waals surface area contributed by atoms with Crippen molar-refractivity contribution in [3.63, 3.8) is 0 Å². The maximum absolute atomic E-state index is 13.6. The quantitative estimate of drug-likeness (QED) is 0.798. The summed E-state index contributed by atoms with van der Waals surface area (Å²) < 4.78 is 37.9. The number of hydrogen-bond donors (Lipinski definition) is 2. The number of hydrogen-bond acceptors (Lipinski definition) is 4. The zero-order valence-electron chi connectivity index (χ0n) is 13.5. The Morgan fingerprint density at radius 1 is 1.08 bits per heavy atom. The Morgan fingerprint density at radius 2 is 1.80 bits per heavy atom. The SMILES string of the molecule is O=C(NNS(=O)(=O)c1ccccc1F)c1cc2c(s1)CCCCCC2. The van der Waals surface area contributed by atoms with Crippen LogP contribution in [0.3, 0.4) is 0 Å². The highest BCUT2D eigenvalue weighted by Crippen LogP contribution is 2.28. The van der Waals surface area contributed by atoms with Crippen molar-refractivity contribution in [1.29, 1.82) is 0 Å². The molecule has 2 aromatic rings. The molecule has 25 heavy (non-hydrogen) atoms. The van der Waals surface area contributed by atoms with Gasteiger partial charge in [0.15, 0.2) is 0 Å². The van der Waals surface area contributed by atoms with Gasteiger partial charge in [-0.25, -0.2) is 12.8 Å². The molecule has 0 fully saturated rings. The van der Waals surface area contributed by atoms with Crippen molar-refractivity contribution in [2.24, 2.45) is 0 Å². The number of aryl methyl sites for hydroxylation is 2. The minimum atomic E-state index is -4.16. The molecule has 1 aromatic carbocycles. The summed E-state index contributed by atoms with van der Waals surface area (Å²) >= 11 is 1.39. The standard InChI is InChI=1S/C17H19FN2O3S2/c18-13-8-5-6-10-16(13)25(22,23)20-19-17(21)15-11-12-7-3-1-2-4-9-14(12)24-15/h5-6,8,10-11,20H,1-4,7,9H2,(H,19,21). The molecule has 5 nitrogen and oxygen atoms in total. The highest BCUT2D eigenvalue weighted by molar-refractivity contribution is 7.89. The number of carbonyl (C=O) groups excluding carboxylic acids is 1.